The van der Waals surface area contributed by atoms with E-state index in [4.69, 9.17) is 5.73 Å². The fourth-order valence-electron chi connectivity index (χ4n) is 2.50. The molecule has 1 saturated heterocycles. The second-order valence-corrected chi connectivity index (χ2v) is 5.46. The minimum atomic E-state index is -0.203. The zero-order valence-electron chi connectivity index (χ0n) is 12.5. The Bertz CT molecular complexity index is 677. The van der Waals surface area contributed by atoms with Crippen molar-refractivity contribution in [3.8, 4) is 0 Å². The molecule has 1 aromatic carbocycles. The first-order valence-corrected chi connectivity index (χ1v) is 7.39. The average molecular weight is 297 g/mol. The van der Waals surface area contributed by atoms with Gasteiger partial charge in [0.2, 0.25) is 5.95 Å². The molecule has 114 valence electrons. The van der Waals surface area contributed by atoms with Gasteiger partial charge in [-0.05, 0) is 44.0 Å². The Morgan fingerprint density at radius 3 is 2.55 bits per heavy atom. The Balaban J connectivity index is 1.79. The zero-order valence-corrected chi connectivity index (χ0v) is 12.5. The van der Waals surface area contributed by atoms with Crippen molar-refractivity contribution < 1.29 is 4.79 Å². The highest BCUT2D eigenvalue weighted by atomic mass is 16.1. The first-order valence-electron chi connectivity index (χ1n) is 7.39. The normalized spacial score (nSPS) is 14.1. The first-order chi connectivity index (χ1) is 10.6. The van der Waals surface area contributed by atoms with Crippen molar-refractivity contribution in [3.05, 3.63) is 41.6 Å². The smallest absolute Gasteiger partial charge is 0.256 e. The summed E-state index contributed by atoms with van der Waals surface area (Å²) in [6.07, 6.45) is 2.31. The summed E-state index contributed by atoms with van der Waals surface area (Å²) >= 11 is 0. The van der Waals surface area contributed by atoms with Crippen LogP contribution in [0.3, 0.4) is 0 Å². The van der Waals surface area contributed by atoms with Gasteiger partial charge in [0, 0.05) is 36.1 Å². The van der Waals surface area contributed by atoms with E-state index in [1.54, 1.807) is 30.3 Å². The summed E-state index contributed by atoms with van der Waals surface area (Å²) in [4.78, 5) is 23.3. The largest absolute Gasteiger partial charge is 0.399 e. The molecule has 0 bridgehead atoms. The summed E-state index contributed by atoms with van der Waals surface area (Å²) in [5.41, 5.74) is 7.65. The summed E-state index contributed by atoms with van der Waals surface area (Å²) in [5, 5.41) is 2.82. The lowest BCUT2D eigenvalue weighted by molar-refractivity contribution is 0.102. The Morgan fingerprint density at radius 1 is 1.18 bits per heavy atom. The van der Waals surface area contributed by atoms with E-state index >= 15 is 0 Å². The van der Waals surface area contributed by atoms with Crippen LogP contribution in [-0.2, 0) is 0 Å². The molecule has 3 N–H and O–H groups in total. The van der Waals surface area contributed by atoms with Gasteiger partial charge in [-0.2, -0.15) is 4.98 Å². The molecule has 1 amide bonds. The van der Waals surface area contributed by atoms with E-state index in [2.05, 4.69) is 20.2 Å². The fourth-order valence-corrected chi connectivity index (χ4v) is 2.50. The van der Waals surface area contributed by atoms with Gasteiger partial charge in [-0.3, -0.25) is 4.79 Å². The van der Waals surface area contributed by atoms with Crippen LogP contribution in [0.1, 0.15) is 28.9 Å². The van der Waals surface area contributed by atoms with E-state index in [1.807, 2.05) is 6.92 Å². The number of hydrogen-bond donors (Lipinski definition) is 2. The maximum atomic E-state index is 12.2. The van der Waals surface area contributed by atoms with Crippen LogP contribution in [0.2, 0.25) is 0 Å². The summed E-state index contributed by atoms with van der Waals surface area (Å²) < 4.78 is 0. The Hall–Kier alpha value is -2.63. The molecule has 0 spiro atoms. The minimum absolute atomic E-state index is 0.203. The lowest BCUT2D eigenvalue weighted by Crippen LogP contribution is -2.22. The zero-order chi connectivity index (χ0) is 15.5. The summed E-state index contributed by atoms with van der Waals surface area (Å²) in [6, 6.07) is 8.57. The van der Waals surface area contributed by atoms with Crippen molar-refractivity contribution in [1.82, 2.24) is 9.97 Å². The third-order valence-corrected chi connectivity index (χ3v) is 3.65. The van der Waals surface area contributed by atoms with E-state index in [1.165, 1.54) is 0 Å². The maximum absolute atomic E-state index is 12.2. The third kappa shape index (κ3) is 3.16. The van der Waals surface area contributed by atoms with Crippen LogP contribution in [0.4, 0.5) is 17.5 Å². The maximum Gasteiger partial charge on any atom is 0.256 e. The van der Waals surface area contributed by atoms with Crippen LogP contribution in [0.15, 0.2) is 30.3 Å². The highest BCUT2D eigenvalue weighted by Gasteiger charge is 2.16. The molecule has 0 aliphatic carbocycles. The van der Waals surface area contributed by atoms with E-state index < -0.39 is 0 Å². The minimum Gasteiger partial charge on any atom is -0.399 e. The molecule has 6 nitrogen and oxygen atoms in total. The number of nitrogen functional groups attached to an aromatic ring is 1. The molecule has 2 heterocycles. The molecule has 22 heavy (non-hydrogen) atoms. The number of anilines is 3. The topological polar surface area (TPSA) is 84.1 Å². The SMILES string of the molecule is Cc1cc(NC(=O)c2ccc(N)cc2)nc(N2CCCC2)n1. The summed E-state index contributed by atoms with van der Waals surface area (Å²) in [6.45, 7) is 3.84. The van der Waals surface area contributed by atoms with Gasteiger partial charge in [0.05, 0.1) is 0 Å². The van der Waals surface area contributed by atoms with E-state index in [0.717, 1.165) is 31.6 Å². The number of hydrogen-bond acceptors (Lipinski definition) is 5. The van der Waals surface area contributed by atoms with E-state index in [-0.39, 0.29) is 5.91 Å². The van der Waals surface area contributed by atoms with Crippen LogP contribution < -0.4 is 16.0 Å². The van der Waals surface area contributed by atoms with Crippen LogP contribution in [0, 0.1) is 6.92 Å². The molecular weight excluding hydrogens is 278 g/mol. The van der Waals surface area contributed by atoms with Gasteiger partial charge in [0.15, 0.2) is 0 Å². The number of aryl methyl sites for hydroxylation is 1. The standard InChI is InChI=1S/C16H19N5O/c1-11-10-14(20-16(18-11)21-8-2-3-9-21)19-15(22)12-4-6-13(17)7-5-12/h4-7,10H,2-3,8-9,17H2,1H3,(H,18,19,20,22). The van der Waals surface area contributed by atoms with Crippen LogP contribution >= 0.6 is 0 Å². The van der Waals surface area contributed by atoms with Crippen molar-refractivity contribution in [2.75, 3.05) is 29.0 Å². The van der Waals surface area contributed by atoms with Crippen LogP contribution in [0.5, 0.6) is 0 Å². The molecule has 0 saturated carbocycles. The van der Waals surface area contributed by atoms with Gasteiger partial charge in [-0.25, -0.2) is 4.98 Å². The van der Waals surface area contributed by atoms with Gasteiger partial charge < -0.3 is 16.0 Å². The molecule has 1 aliphatic rings. The number of nitrogens with two attached hydrogens (primary N) is 1. The lowest BCUT2D eigenvalue weighted by Gasteiger charge is -2.16. The molecule has 1 aliphatic heterocycles. The highest BCUT2D eigenvalue weighted by molar-refractivity contribution is 6.04. The predicted molar refractivity (Wildman–Crippen MR) is 87.0 cm³/mol. The summed E-state index contributed by atoms with van der Waals surface area (Å²) in [5.74, 6) is 1.01. The number of carbonyl (C=O) groups excluding carboxylic acids is 1. The predicted octanol–water partition coefficient (Wildman–Crippen LogP) is 2.22. The summed E-state index contributed by atoms with van der Waals surface area (Å²) in [7, 11) is 0. The number of amides is 1. The molecule has 2 aromatic rings. The number of benzene rings is 1. The van der Waals surface area contributed by atoms with E-state index in [0.29, 0.717) is 23.0 Å². The molecule has 0 radical (unpaired) electrons. The van der Waals surface area contributed by atoms with Crippen molar-refractivity contribution in [1.29, 1.82) is 0 Å². The average Bonchev–Trinajstić information content (AvgIpc) is 3.01. The molecule has 3 rings (SSSR count). The number of nitrogens with zero attached hydrogens (tertiary/aromatic N) is 3. The monoisotopic (exact) mass is 297 g/mol. The lowest BCUT2D eigenvalue weighted by atomic mass is 10.2. The Labute approximate surface area is 129 Å². The first kappa shape index (κ1) is 14.3. The van der Waals surface area contributed by atoms with Crippen molar-refractivity contribution in [2.24, 2.45) is 0 Å². The quantitative estimate of drug-likeness (QED) is 0.849. The number of carbonyl (C=O) groups is 1. The third-order valence-electron chi connectivity index (χ3n) is 3.65. The fraction of sp³-hybridized carbons (Fsp3) is 0.312. The number of rotatable bonds is 3. The molecule has 1 fully saturated rings. The van der Waals surface area contributed by atoms with Crippen molar-refractivity contribution in [3.63, 3.8) is 0 Å². The van der Waals surface area contributed by atoms with Gasteiger partial charge >= 0.3 is 0 Å². The molecular formula is C16H19N5O. The van der Waals surface area contributed by atoms with Crippen LogP contribution in [-0.4, -0.2) is 29.0 Å². The van der Waals surface area contributed by atoms with Gasteiger partial charge in [0.25, 0.3) is 5.91 Å². The van der Waals surface area contributed by atoms with Gasteiger partial charge in [0.1, 0.15) is 5.82 Å². The molecule has 1 aromatic heterocycles. The van der Waals surface area contributed by atoms with E-state index in [9.17, 15) is 4.79 Å². The van der Waals surface area contributed by atoms with Gasteiger partial charge in [-0.15, -0.1) is 0 Å². The van der Waals surface area contributed by atoms with Crippen molar-refractivity contribution >= 4 is 23.4 Å². The highest BCUT2D eigenvalue weighted by Crippen LogP contribution is 2.19. The Kier molecular flexibility index (Phi) is 3.91. The van der Waals surface area contributed by atoms with Crippen LogP contribution in [0.25, 0.3) is 0 Å². The Morgan fingerprint density at radius 2 is 1.86 bits per heavy atom. The second kappa shape index (κ2) is 6.01. The molecule has 0 atom stereocenters. The number of aromatic nitrogens is 2. The number of nitrogens with one attached hydrogen (secondary N) is 1. The van der Waals surface area contributed by atoms with Crippen molar-refractivity contribution in [2.45, 2.75) is 19.8 Å². The second-order valence-electron chi connectivity index (χ2n) is 5.46. The van der Waals surface area contributed by atoms with Gasteiger partial charge in [-0.1, -0.05) is 0 Å². The molecule has 6 heteroatoms. The molecule has 0 unspecified atom stereocenters.